The standard InChI is InChI=1S/C23H15Cl2N3O4/c24-20-7-2-1-5-16(20)14-32-19-6-3-4-15(11-19)10-17(13-26)23(29)27-18-8-9-21(25)22(12-18)28(30)31/h1-12H,14H2,(H,27,29)/b17-10+. The molecule has 3 aromatic carbocycles. The van der Waals surface area contributed by atoms with E-state index < -0.39 is 10.8 Å². The molecule has 0 spiro atoms. The van der Waals surface area contributed by atoms with Crippen molar-refractivity contribution >= 4 is 46.6 Å². The van der Waals surface area contributed by atoms with Gasteiger partial charge in [-0.1, -0.05) is 53.5 Å². The average molecular weight is 468 g/mol. The third-order valence-corrected chi connectivity index (χ3v) is 4.98. The summed E-state index contributed by atoms with van der Waals surface area (Å²) in [4.78, 5) is 22.8. The van der Waals surface area contributed by atoms with Crippen LogP contribution >= 0.6 is 23.2 Å². The van der Waals surface area contributed by atoms with Crippen LogP contribution in [0.2, 0.25) is 10.0 Å². The Labute approximate surface area is 193 Å². The summed E-state index contributed by atoms with van der Waals surface area (Å²) in [6.07, 6.45) is 1.39. The highest BCUT2D eigenvalue weighted by Crippen LogP contribution is 2.27. The normalized spacial score (nSPS) is 10.8. The Bertz CT molecular complexity index is 1250. The first kappa shape index (κ1) is 22.8. The second-order valence-corrected chi connectivity index (χ2v) is 7.31. The quantitative estimate of drug-likeness (QED) is 0.197. The molecule has 0 heterocycles. The minimum absolute atomic E-state index is 0.0577. The van der Waals surface area contributed by atoms with Gasteiger partial charge in [0.05, 0.1) is 4.92 Å². The lowest BCUT2D eigenvalue weighted by Gasteiger charge is -2.09. The number of hydrogen-bond acceptors (Lipinski definition) is 5. The summed E-state index contributed by atoms with van der Waals surface area (Å²) in [5.41, 5.74) is 0.991. The fraction of sp³-hybridized carbons (Fsp3) is 0.0435. The number of nitriles is 1. The van der Waals surface area contributed by atoms with Crippen LogP contribution in [0.15, 0.2) is 72.3 Å². The predicted molar refractivity (Wildman–Crippen MR) is 123 cm³/mol. The molecule has 0 aromatic heterocycles. The Kier molecular flexibility index (Phi) is 7.45. The molecule has 7 nitrogen and oxygen atoms in total. The summed E-state index contributed by atoms with van der Waals surface area (Å²) in [6.45, 7) is 0.258. The number of nitro groups is 1. The highest BCUT2D eigenvalue weighted by molar-refractivity contribution is 6.32. The number of halogens is 2. The molecule has 160 valence electrons. The SMILES string of the molecule is N#C/C(=C\c1cccc(OCc2ccccc2Cl)c1)C(=O)Nc1ccc(Cl)c([N+](=O)[O-])c1. The van der Waals surface area contributed by atoms with E-state index in [1.807, 2.05) is 24.3 Å². The van der Waals surface area contributed by atoms with Gasteiger partial charge in [-0.15, -0.1) is 0 Å². The number of amides is 1. The zero-order valence-electron chi connectivity index (χ0n) is 16.4. The van der Waals surface area contributed by atoms with Gasteiger partial charge in [0.25, 0.3) is 11.6 Å². The number of hydrogen-bond donors (Lipinski definition) is 1. The Hall–Kier alpha value is -3.86. The van der Waals surface area contributed by atoms with E-state index >= 15 is 0 Å². The summed E-state index contributed by atoms with van der Waals surface area (Å²) < 4.78 is 5.76. The number of nitrogens with one attached hydrogen (secondary N) is 1. The number of ether oxygens (including phenoxy) is 1. The van der Waals surface area contributed by atoms with E-state index in [1.165, 1.54) is 18.2 Å². The molecule has 3 rings (SSSR count). The van der Waals surface area contributed by atoms with Gasteiger partial charge in [0.15, 0.2) is 0 Å². The molecule has 0 saturated heterocycles. The zero-order valence-corrected chi connectivity index (χ0v) is 17.9. The first-order valence-corrected chi connectivity index (χ1v) is 9.96. The molecule has 0 radical (unpaired) electrons. The molecule has 3 aromatic rings. The summed E-state index contributed by atoms with van der Waals surface area (Å²) in [6, 6.07) is 19.8. The van der Waals surface area contributed by atoms with Crippen molar-refractivity contribution in [3.05, 3.63) is 104 Å². The molecule has 32 heavy (non-hydrogen) atoms. The van der Waals surface area contributed by atoms with E-state index in [9.17, 15) is 20.2 Å². The Morgan fingerprint density at radius 1 is 1.09 bits per heavy atom. The van der Waals surface area contributed by atoms with E-state index in [1.54, 1.807) is 30.3 Å². The Morgan fingerprint density at radius 3 is 2.59 bits per heavy atom. The topological polar surface area (TPSA) is 105 Å². The van der Waals surface area contributed by atoms with Gasteiger partial charge in [0.1, 0.15) is 29.0 Å². The Morgan fingerprint density at radius 2 is 1.88 bits per heavy atom. The van der Waals surface area contributed by atoms with Gasteiger partial charge in [-0.3, -0.25) is 14.9 Å². The zero-order chi connectivity index (χ0) is 23.1. The van der Waals surface area contributed by atoms with Gasteiger partial charge in [0.2, 0.25) is 0 Å². The molecular formula is C23H15Cl2N3O4. The largest absolute Gasteiger partial charge is 0.489 e. The fourth-order valence-electron chi connectivity index (χ4n) is 2.71. The highest BCUT2D eigenvalue weighted by atomic mass is 35.5. The van der Waals surface area contributed by atoms with Crippen molar-refractivity contribution in [3.8, 4) is 11.8 Å². The molecule has 0 bridgehead atoms. The summed E-state index contributed by atoms with van der Waals surface area (Å²) >= 11 is 11.9. The van der Waals surface area contributed by atoms with Crippen LogP contribution in [0.5, 0.6) is 5.75 Å². The second kappa shape index (κ2) is 10.4. The van der Waals surface area contributed by atoms with E-state index in [2.05, 4.69) is 5.32 Å². The van der Waals surface area contributed by atoms with E-state index in [4.69, 9.17) is 27.9 Å². The number of nitro benzene ring substituents is 1. The lowest BCUT2D eigenvalue weighted by atomic mass is 10.1. The van der Waals surface area contributed by atoms with Gasteiger partial charge in [-0.25, -0.2) is 0 Å². The summed E-state index contributed by atoms with van der Waals surface area (Å²) in [7, 11) is 0. The minimum Gasteiger partial charge on any atom is -0.489 e. The van der Waals surface area contributed by atoms with Crippen molar-refractivity contribution in [1.29, 1.82) is 5.26 Å². The molecule has 0 unspecified atom stereocenters. The van der Waals surface area contributed by atoms with Crippen molar-refractivity contribution in [2.75, 3.05) is 5.32 Å². The average Bonchev–Trinajstić information content (AvgIpc) is 2.78. The first-order chi connectivity index (χ1) is 15.4. The van der Waals surface area contributed by atoms with Gasteiger partial charge in [-0.2, -0.15) is 5.26 Å². The maximum absolute atomic E-state index is 12.5. The molecular weight excluding hydrogens is 453 g/mol. The molecule has 0 aliphatic heterocycles. The third-order valence-electron chi connectivity index (χ3n) is 4.29. The second-order valence-electron chi connectivity index (χ2n) is 6.50. The van der Waals surface area contributed by atoms with Crippen LogP contribution in [0.4, 0.5) is 11.4 Å². The van der Waals surface area contributed by atoms with Crippen LogP contribution in [0.1, 0.15) is 11.1 Å². The summed E-state index contributed by atoms with van der Waals surface area (Å²) in [5, 5.41) is 23.4. The summed E-state index contributed by atoms with van der Waals surface area (Å²) in [5.74, 6) is -0.184. The van der Waals surface area contributed by atoms with Gasteiger partial charge < -0.3 is 10.1 Å². The number of nitrogens with zero attached hydrogens (tertiary/aromatic N) is 2. The van der Waals surface area contributed by atoms with E-state index in [-0.39, 0.29) is 28.6 Å². The van der Waals surface area contributed by atoms with Crippen molar-refractivity contribution in [2.24, 2.45) is 0 Å². The third kappa shape index (κ3) is 5.85. The van der Waals surface area contributed by atoms with Gasteiger partial charge in [-0.05, 0) is 42.0 Å². The van der Waals surface area contributed by atoms with Gasteiger partial charge in [0, 0.05) is 22.3 Å². The number of rotatable bonds is 7. The maximum atomic E-state index is 12.5. The van der Waals surface area contributed by atoms with Crippen LogP contribution in [-0.2, 0) is 11.4 Å². The van der Waals surface area contributed by atoms with Crippen molar-refractivity contribution in [3.63, 3.8) is 0 Å². The molecule has 0 atom stereocenters. The van der Waals surface area contributed by atoms with Crippen molar-refractivity contribution < 1.29 is 14.5 Å². The van der Waals surface area contributed by atoms with Crippen molar-refractivity contribution in [2.45, 2.75) is 6.61 Å². The number of anilines is 1. The predicted octanol–water partition coefficient (Wildman–Crippen LogP) is 6.03. The van der Waals surface area contributed by atoms with E-state index in [0.29, 0.717) is 16.3 Å². The molecule has 0 fully saturated rings. The molecule has 1 N–H and O–H groups in total. The first-order valence-electron chi connectivity index (χ1n) is 9.20. The minimum atomic E-state index is -0.716. The van der Waals surface area contributed by atoms with Crippen LogP contribution in [-0.4, -0.2) is 10.8 Å². The molecule has 1 amide bonds. The number of carbonyl (C=O) groups is 1. The van der Waals surface area contributed by atoms with Crippen LogP contribution in [0.25, 0.3) is 6.08 Å². The number of carbonyl (C=O) groups excluding carboxylic acids is 1. The van der Waals surface area contributed by atoms with Crippen LogP contribution in [0, 0.1) is 21.4 Å². The molecule has 0 aliphatic carbocycles. The monoisotopic (exact) mass is 467 g/mol. The molecule has 0 aliphatic rings. The Balaban J connectivity index is 1.74. The highest BCUT2D eigenvalue weighted by Gasteiger charge is 2.15. The number of benzene rings is 3. The van der Waals surface area contributed by atoms with Crippen LogP contribution < -0.4 is 10.1 Å². The lowest BCUT2D eigenvalue weighted by Crippen LogP contribution is -2.13. The maximum Gasteiger partial charge on any atom is 0.289 e. The fourth-order valence-corrected chi connectivity index (χ4v) is 3.09. The molecule has 0 saturated carbocycles. The van der Waals surface area contributed by atoms with Crippen LogP contribution in [0.3, 0.4) is 0 Å². The lowest BCUT2D eigenvalue weighted by molar-refractivity contribution is -0.384. The molecule has 9 heteroatoms. The van der Waals surface area contributed by atoms with Crippen molar-refractivity contribution in [1.82, 2.24) is 0 Å². The van der Waals surface area contributed by atoms with Gasteiger partial charge >= 0.3 is 0 Å². The van der Waals surface area contributed by atoms with E-state index in [0.717, 1.165) is 11.6 Å². The smallest absolute Gasteiger partial charge is 0.289 e.